The first kappa shape index (κ1) is 14.2. The monoisotopic (exact) mass is 308 g/mol. The van der Waals surface area contributed by atoms with E-state index in [1.54, 1.807) is 12.1 Å². The van der Waals surface area contributed by atoms with Crippen LogP contribution in [0.4, 0.5) is 8.78 Å². The average Bonchev–Trinajstić information content (AvgIpc) is 2.28. The van der Waals surface area contributed by atoms with Crippen LogP contribution >= 0.6 is 15.9 Å². The minimum Gasteiger partial charge on any atom is -0.494 e. The van der Waals surface area contributed by atoms with E-state index in [2.05, 4.69) is 20.7 Å². The number of hydrogen-bond acceptors (Lipinski definition) is 2. The topological polar surface area (TPSA) is 18.5 Å². The number of aryl methyl sites for hydroxylation is 1. The summed E-state index contributed by atoms with van der Waals surface area (Å²) in [7, 11) is 0. The highest BCUT2D eigenvalue weighted by molar-refractivity contribution is 9.09. The molecule has 0 saturated heterocycles. The highest BCUT2D eigenvalue weighted by Gasteiger charge is 2.11. The van der Waals surface area contributed by atoms with Crippen LogP contribution in [0, 0.1) is 0 Å². The molecule has 0 spiro atoms. The largest absolute Gasteiger partial charge is 0.494 e. The van der Waals surface area contributed by atoms with Crippen LogP contribution in [0.15, 0.2) is 18.2 Å². The van der Waals surface area contributed by atoms with Gasteiger partial charge in [0.1, 0.15) is 11.5 Å². The van der Waals surface area contributed by atoms with Crippen LogP contribution < -0.4 is 9.47 Å². The molecule has 0 aromatic heterocycles. The van der Waals surface area contributed by atoms with Gasteiger partial charge in [-0.2, -0.15) is 8.78 Å². The van der Waals surface area contributed by atoms with Gasteiger partial charge in [0.15, 0.2) is 0 Å². The van der Waals surface area contributed by atoms with Gasteiger partial charge in [0, 0.05) is 11.4 Å². The third kappa shape index (κ3) is 4.89. The lowest BCUT2D eigenvalue weighted by Crippen LogP contribution is -2.05. The summed E-state index contributed by atoms with van der Waals surface area (Å²) in [6, 6.07) is 5.05. The lowest BCUT2D eigenvalue weighted by atomic mass is 10.1. The Bertz CT molecular complexity index is 345. The van der Waals surface area contributed by atoms with Gasteiger partial charge in [-0.3, -0.25) is 0 Å². The number of alkyl halides is 3. The van der Waals surface area contributed by atoms with Gasteiger partial charge in [-0.25, -0.2) is 0 Å². The van der Waals surface area contributed by atoms with E-state index in [-0.39, 0.29) is 5.75 Å². The van der Waals surface area contributed by atoms with Crippen LogP contribution in [0.1, 0.15) is 18.9 Å². The van der Waals surface area contributed by atoms with Gasteiger partial charge in [-0.05, 0) is 31.4 Å². The maximum absolute atomic E-state index is 12.3. The second-order valence-electron chi connectivity index (χ2n) is 3.37. The summed E-state index contributed by atoms with van der Waals surface area (Å²) in [5.41, 5.74) is 0.771. The SMILES string of the molecule is CCOc1ccc(CCCBr)c(OC(F)F)c1. The smallest absolute Gasteiger partial charge is 0.387 e. The summed E-state index contributed by atoms with van der Waals surface area (Å²) in [6.07, 6.45) is 1.56. The molecule has 5 heteroatoms. The fourth-order valence-corrected chi connectivity index (χ4v) is 1.74. The van der Waals surface area contributed by atoms with Crippen molar-refractivity contribution in [3.63, 3.8) is 0 Å². The molecule has 0 amide bonds. The van der Waals surface area contributed by atoms with Crippen molar-refractivity contribution in [2.45, 2.75) is 26.4 Å². The lowest BCUT2D eigenvalue weighted by molar-refractivity contribution is -0.0505. The fourth-order valence-electron chi connectivity index (χ4n) is 1.46. The highest BCUT2D eigenvalue weighted by Crippen LogP contribution is 2.27. The van der Waals surface area contributed by atoms with Crippen molar-refractivity contribution in [2.75, 3.05) is 11.9 Å². The van der Waals surface area contributed by atoms with E-state index in [0.29, 0.717) is 18.8 Å². The Morgan fingerprint density at radius 3 is 2.71 bits per heavy atom. The van der Waals surface area contributed by atoms with Crippen LogP contribution in [-0.4, -0.2) is 18.5 Å². The summed E-state index contributed by atoms with van der Waals surface area (Å²) in [5, 5.41) is 0.828. The van der Waals surface area contributed by atoms with Crippen LogP contribution in [-0.2, 0) is 6.42 Å². The van der Waals surface area contributed by atoms with E-state index in [0.717, 1.165) is 17.3 Å². The summed E-state index contributed by atoms with van der Waals surface area (Å²) in [6.45, 7) is -0.476. The molecule has 0 aliphatic rings. The minimum absolute atomic E-state index is 0.201. The molecule has 1 rings (SSSR count). The number of benzene rings is 1. The predicted molar refractivity (Wildman–Crippen MR) is 66.4 cm³/mol. The molecule has 0 saturated carbocycles. The molecule has 1 aromatic rings. The van der Waals surface area contributed by atoms with Crippen molar-refractivity contribution < 1.29 is 18.3 Å². The van der Waals surface area contributed by atoms with Gasteiger partial charge in [-0.15, -0.1) is 0 Å². The van der Waals surface area contributed by atoms with Crippen molar-refractivity contribution in [3.8, 4) is 11.5 Å². The molecule has 0 atom stereocenters. The summed E-state index contributed by atoms with van der Waals surface area (Å²) >= 11 is 3.31. The molecule has 0 radical (unpaired) electrons. The van der Waals surface area contributed by atoms with E-state index in [9.17, 15) is 8.78 Å². The summed E-state index contributed by atoms with van der Waals surface area (Å²) < 4.78 is 34.3. The first-order valence-corrected chi connectivity index (χ1v) is 6.56. The second kappa shape index (κ2) is 7.48. The zero-order valence-electron chi connectivity index (χ0n) is 9.59. The zero-order valence-corrected chi connectivity index (χ0v) is 11.2. The van der Waals surface area contributed by atoms with Crippen LogP contribution in [0.5, 0.6) is 11.5 Å². The molecule has 2 nitrogen and oxygen atoms in total. The first-order chi connectivity index (χ1) is 8.17. The van der Waals surface area contributed by atoms with E-state index < -0.39 is 6.61 Å². The average molecular weight is 309 g/mol. The van der Waals surface area contributed by atoms with Gasteiger partial charge < -0.3 is 9.47 Å². The molecule has 17 heavy (non-hydrogen) atoms. The van der Waals surface area contributed by atoms with E-state index >= 15 is 0 Å². The van der Waals surface area contributed by atoms with Crippen molar-refractivity contribution >= 4 is 15.9 Å². The number of halogens is 3. The lowest BCUT2D eigenvalue weighted by Gasteiger charge is -2.12. The maximum Gasteiger partial charge on any atom is 0.387 e. The summed E-state index contributed by atoms with van der Waals surface area (Å²) in [5.74, 6) is 0.748. The van der Waals surface area contributed by atoms with Crippen molar-refractivity contribution in [3.05, 3.63) is 23.8 Å². The van der Waals surface area contributed by atoms with Crippen LogP contribution in [0.3, 0.4) is 0 Å². The molecule has 0 N–H and O–H groups in total. The zero-order chi connectivity index (χ0) is 12.7. The fraction of sp³-hybridized carbons (Fsp3) is 0.500. The van der Waals surface area contributed by atoms with Gasteiger partial charge in [0.2, 0.25) is 0 Å². The molecule has 0 heterocycles. The van der Waals surface area contributed by atoms with Crippen LogP contribution in [0.2, 0.25) is 0 Å². The normalized spacial score (nSPS) is 10.6. The Hall–Kier alpha value is -0.840. The Labute approximate surface area is 108 Å². The molecule has 96 valence electrons. The highest BCUT2D eigenvalue weighted by atomic mass is 79.9. The molecular formula is C12H15BrF2O2. The van der Waals surface area contributed by atoms with Gasteiger partial charge in [-0.1, -0.05) is 22.0 Å². The number of hydrogen-bond donors (Lipinski definition) is 0. The molecule has 1 aromatic carbocycles. The number of ether oxygens (including phenoxy) is 2. The first-order valence-electron chi connectivity index (χ1n) is 5.44. The van der Waals surface area contributed by atoms with Crippen LogP contribution in [0.25, 0.3) is 0 Å². The number of rotatable bonds is 7. The third-order valence-electron chi connectivity index (χ3n) is 2.15. The van der Waals surface area contributed by atoms with E-state index in [1.807, 2.05) is 6.92 Å². The predicted octanol–water partition coefficient (Wildman–Crippen LogP) is 4.01. The van der Waals surface area contributed by atoms with Crippen molar-refractivity contribution in [2.24, 2.45) is 0 Å². The second-order valence-corrected chi connectivity index (χ2v) is 4.17. The van der Waals surface area contributed by atoms with Gasteiger partial charge in [0.05, 0.1) is 6.61 Å². The van der Waals surface area contributed by atoms with Crippen molar-refractivity contribution in [1.29, 1.82) is 0 Å². The molecule has 0 bridgehead atoms. The third-order valence-corrected chi connectivity index (χ3v) is 2.71. The maximum atomic E-state index is 12.3. The Kier molecular flexibility index (Phi) is 6.26. The van der Waals surface area contributed by atoms with Gasteiger partial charge >= 0.3 is 6.61 Å². The Morgan fingerprint density at radius 2 is 2.12 bits per heavy atom. The molecule has 0 unspecified atom stereocenters. The van der Waals surface area contributed by atoms with Gasteiger partial charge in [0.25, 0.3) is 0 Å². The quantitative estimate of drug-likeness (QED) is 0.708. The standard InChI is InChI=1S/C12H15BrF2O2/c1-2-16-10-6-5-9(4-3-7-13)11(8-10)17-12(14)15/h5-6,8,12H,2-4,7H2,1H3. The summed E-state index contributed by atoms with van der Waals surface area (Å²) in [4.78, 5) is 0. The molecule has 0 fully saturated rings. The van der Waals surface area contributed by atoms with E-state index in [1.165, 1.54) is 6.07 Å². The van der Waals surface area contributed by atoms with E-state index in [4.69, 9.17) is 4.74 Å². The van der Waals surface area contributed by atoms with Crippen molar-refractivity contribution in [1.82, 2.24) is 0 Å². The minimum atomic E-state index is -2.81. The Morgan fingerprint density at radius 1 is 1.35 bits per heavy atom. The Balaban J connectivity index is 2.86. The molecular weight excluding hydrogens is 294 g/mol. The molecule has 0 aliphatic heterocycles. The molecule has 0 aliphatic carbocycles.